The summed E-state index contributed by atoms with van der Waals surface area (Å²) < 4.78 is 5.01. The van der Waals surface area contributed by atoms with Gasteiger partial charge in [-0.05, 0) is 17.5 Å². The maximum absolute atomic E-state index is 10.4. The minimum atomic E-state index is -1.02. The maximum Gasteiger partial charge on any atom is 0.331 e. The third-order valence-corrected chi connectivity index (χ3v) is 2.23. The minimum Gasteiger partial charge on any atom is -0.501 e. The van der Waals surface area contributed by atoms with Crippen molar-refractivity contribution < 1.29 is 19.7 Å². The van der Waals surface area contributed by atoms with Crippen molar-refractivity contribution in [1.82, 2.24) is 0 Å². The van der Waals surface area contributed by atoms with Crippen molar-refractivity contribution in [3.63, 3.8) is 0 Å². The topological polar surface area (TPSA) is 66.4 Å². The van der Waals surface area contributed by atoms with E-state index in [0.29, 0.717) is 19.4 Å². The number of carboxylic acid groups (broad SMARTS) is 1. The lowest BCUT2D eigenvalue weighted by molar-refractivity contribution is -0.131. The molecule has 4 nitrogen and oxygen atoms in total. The van der Waals surface area contributed by atoms with Crippen LogP contribution in [0.3, 0.4) is 0 Å². The van der Waals surface area contributed by atoms with Crippen molar-refractivity contribution in [3.05, 3.63) is 47.7 Å². The van der Waals surface area contributed by atoms with Crippen LogP contribution in [0.5, 0.6) is 0 Å². The smallest absolute Gasteiger partial charge is 0.331 e. The van der Waals surface area contributed by atoms with Crippen LogP contribution in [0.15, 0.2) is 36.6 Å². The summed E-state index contributed by atoms with van der Waals surface area (Å²) in [7, 11) is 0. The zero-order valence-electron chi connectivity index (χ0n) is 9.46. The quantitative estimate of drug-likeness (QED) is 0.445. The Morgan fingerprint density at radius 3 is 2.29 bits per heavy atom. The molecule has 1 N–H and O–H groups in total. The van der Waals surface area contributed by atoms with E-state index in [1.54, 1.807) is 0 Å². The first-order valence-electron chi connectivity index (χ1n) is 5.39. The second-order valence-electron chi connectivity index (χ2n) is 3.53. The fraction of sp³-hybridized carbons (Fsp3) is 0.308. The Kier molecular flexibility index (Phi) is 5.82. The van der Waals surface area contributed by atoms with Crippen LogP contribution in [0.4, 0.5) is 0 Å². The van der Waals surface area contributed by atoms with Gasteiger partial charge in [0.1, 0.15) is 0 Å². The highest BCUT2D eigenvalue weighted by atomic mass is 16.5. The van der Waals surface area contributed by atoms with Gasteiger partial charge in [-0.3, -0.25) is 0 Å². The molecule has 17 heavy (non-hydrogen) atoms. The van der Waals surface area contributed by atoms with E-state index in [1.165, 1.54) is 6.26 Å². The van der Waals surface area contributed by atoms with Crippen molar-refractivity contribution >= 4 is 5.97 Å². The van der Waals surface area contributed by atoms with E-state index < -0.39 is 5.97 Å². The highest BCUT2D eigenvalue weighted by Gasteiger charge is 1.95. The lowest BCUT2D eigenvalue weighted by Crippen LogP contribution is -1.96. The summed E-state index contributed by atoms with van der Waals surface area (Å²) in [5.41, 5.74) is 2.14. The van der Waals surface area contributed by atoms with Crippen LogP contribution in [0, 0.1) is 0 Å². The zero-order valence-corrected chi connectivity index (χ0v) is 9.46. The molecule has 0 bridgehead atoms. The Morgan fingerprint density at radius 1 is 1.18 bits per heavy atom. The minimum absolute atomic E-state index is 0.0948. The molecular formula is C13H15O4. The Labute approximate surface area is 100 Å². The molecule has 0 saturated carbocycles. The third-order valence-electron chi connectivity index (χ3n) is 2.23. The Hall–Kier alpha value is -1.81. The normalized spacial score (nSPS) is 10.6. The molecule has 0 atom stereocenters. The molecule has 0 spiro atoms. The molecule has 4 heteroatoms. The molecule has 0 aliphatic carbocycles. The Balaban J connectivity index is 2.29. The van der Waals surface area contributed by atoms with Gasteiger partial charge in [0.25, 0.3) is 0 Å². The number of ether oxygens (including phenoxy) is 1. The van der Waals surface area contributed by atoms with Crippen LogP contribution < -0.4 is 0 Å². The largest absolute Gasteiger partial charge is 0.501 e. The van der Waals surface area contributed by atoms with Crippen LogP contribution in [0.1, 0.15) is 11.1 Å². The van der Waals surface area contributed by atoms with E-state index in [2.05, 4.69) is 0 Å². The second-order valence-corrected chi connectivity index (χ2v) is 3.53. The van der Waals surface area contributed by atoms with Crippen LogP contribution in [0.2, 0.25) is 0 Å². The molecule has 0 heterocycles. The molecule has 0 aliphatic rings. The summed E-state index contributed by atoms with van der Waals surface area (Å²) in [4.78, 5) is 10.1. The molecule has 0 aromatic heterocycles. The van der Waals surface area contributed by atoms with Crippen molar-refractivity contribution in [2.24, 2.45) is 0 Å². The van der Waals surface area contributed by atoms with Gasteiger partial charge >= 0.3 is 5.97 Å². The predicted molar refractivity (Wildman–Crippen MR) is 62.1 cm³/mol. The molecule has 0 amide bonds. The highest BCUT2D eigenvalue weighted by Crippen LogP contribution is 2.06. The van der Waals surface area contributed by atoms with Gasteiger partial charge < -0.3 is 9.84 Å². The molecular weight excluding hydrogens is 220 g/mol. The fourth-order valence-corrected chi connectivity index (χ4v) is 1.34. The van der Waals surface area contributed by atoms with Gasteiger partial charge in [-0.1, -0.05) is 24.3 Å². The molecule has 1 aromatic carbocycles. The Bertz CT molecular complexity index is 368. The molecule has 0 fully saturated rings. The van der Waals surface area contributed by atoms with E-state index in [-0.39, 0.29) is 6.61 Å². The van der Waals surface area contributed by atoms with Crippen LogP contribution in [0.25, 0.3) is 0 Å². The van der Waals surface area contributed by atoms with Crippen LogP contribution >= 0.6 is 0 Å². The molecule has 1 aromatic rings. The van der Waals surface area contributed by atoms with Crippen LogP contribution in [-0.2, 0) is 27.5 Å². The number of carbonyl (C=O) groups is 1. The molecule has 0 unspecified atom stereocenters. The van der Waals surface area contributed by atoms with E-state index in [9.17, 15) is 9.90 Å². The number of hydrogen-bond donors (Lipinski definition) is 1. The van der Waals surface area contributed by atoms with Gasteiger partial charge in [0.2, 0.25) is 0 Å². The van der Waals surface area contributed by atoms with E-state index in [0.717, 1.165) is 17.2 Å². The summed E-state index contributed by atoms with van der Waals surface area (Å²) in [6, 6.07) is 7.77. The van der Waals surface area contributed by atoms with Crippen molar-refractivity contribution in [3.8, 4) is 0 Å². The molecule has 0 saturated heterocycles. The number of aliphatic carboxylic acids is 1. The monoisotopic (exact) mass is 235 g/mol. The second kappa shape index (κ2) is 7.46. The van der Waals surface area contributed by atoms with Crippen LogP contribution in [-0.4, -0.2) is 24.3 Å². The van der Waals surface area contributed by atoms with Gasteiger partial charge in [0, 0.05) is 6.42 Å². The average molecular weight is 235 g/mol. The van der Waals surface area contributed by atoms with Gasteiger partial charge in [-0.15, -0.1) is 0 Å². The van der Waals surface area contributed by atoms with Crippen molar-refractivity contribution in [2.45, 2.75) is 12.8 Å². The summed E-state index contributed by atoms with van der Waals surface area (Å²) in [6.07, 6.45) is 3.39. The first-order chi connectivity index (χ1) is 8.22. The van der Waals surface area contributed by atoms with Crippen molar-refractivity contribution in [1.29, 1.82) is 0 Å². The lowest BCUT2D eigenvalue weighted by atomic mass is 10.1. The van der Waals surface area contributed by atoms with E-state index >= 15 is 0 Å². The van der Waals surface area contributed by atoms with Gasteiger partial charge in [-0.25, -0.2) is 9.90 Å². The van der Waals surface area contributed by atoms with Crippen molar-refractivity contribution in [2.75, 3.05) is 13.2 Å². The Morgan fingerprint density at radius 2 is 1.76 bits per heavy atom. The standard InChI is InChI=1S/C13H15O4/c14-8-5-11-1-3-12(4-2-11)6-9-17-10-7-13(15)16/h1-4,7,10H,5-6,8-9H2,(H,15,16). The molecule has 1 radical (unpaired) electrons. The average Bonchev–Trinajstić information content (AvgIpc) is 2.31. The lowest BCUT2D eigenvalue weighted by Gasteiger charge is -2.03. The molecule has 1 rings (SSSR count). The fourth-order valence-electron chi connectivity index (χ4n) is 1.34. The predicted octanol–water partition coefficient (Wildman–Crippen LogP) is 1.82. The summed E-state index contributed by atoms with van der Waals surface area (Å²) in [5.74, 6) is -1.02. The number of rotatable bonds is 7. The first-order valence-corrected chi connectivity index (χ1v) is 5.39. The molecule has 0 aliphatic heterocycles. The zero-order chi connectivity index (χ0) is 12.5. The summed E-state index contributed by atoms with van der Waals surface area (Å²) in [6.45, 7) is 0.340. The highest BCUT2D eigenvalue weighted by molar-refractivity contribution is 5.79. The third kappa shape index (κ3) is 5.73. The van der Waals surface area contributed by atoms with Gasteiger partial charge in [0.05, 0.1) is 25.6 Å². The van der Waals surface area contributed by atoms with E-state index in [4.69, 9.17) is 9.84 Å². The summed E-state index contributed by atoms with van der Waals surface area (Å²) in [5, 5.41) is 18.7. The molecule has 91 valence electrons. The number of benzene rings is 1. The summed E-state index contributed by atoms with van der Waals surface area (Å²) >= 11 is 0. The number of carboxylic acids is 1. The van der Waals surface area contributed by atoms with Gasteiger partial charge in [-0.2, -0.15) is 0 Å². The van der Waals surface area contributed by atoms with E-state index in [1.807, 2.05) is 24.3 Å². The van der Waals surface area contributed by atoms with Gasteiger partial charge in [0.15, 0.2) is 0 Å². The SMILES string of the molecule is [O]CCc1ccc(CCOC=CC(=O)O)cc1. The maximum atomic E-state index is 10.4. The first kappa shape index (κ1) is 13.3. The number of hydrogen-bond acceptors (Lipinski definition) is 2.